The second-order valence-corrected chi connectivity index (χ2v) is 5.93. The molecule has 1 aromatic heterocycles. The van der Waals surface area contributed by atoms with Gasteiger partial charge in [-0.25, -0.2) is 0 Å². The first kappa shape index (κ1) is 17.2. The molecule has 25 heavy (non-hydrogen) atoms. The molecule has 1 heterocycles. The molecule has 0 fully saturated rings. The predicted molar refractivity (Wildman–Crippen MR) is 94.5 cm³/mol. The molecule has 0 bridgehead atoms. The second-order valence-electron chi connectivity index (χ2n) is 5.50. The van der Waals surface area contributed by atoms with Crippen molar-refractivity contribution in [3.05, 3.63) is 64.3 Å². The lowest BCUT2D eigenvalue weighted by Gasteiger charge is -2.08. The van der Waals surface area contributed by atoms with Gasteiger partial charge in [0.15, 0.2) is 0 Å². The molecule has 0 saturated carbocycles. The van der Waals surface area contributed by atoms with Crippen LogP contribution in [0, 0.1) is 11.8 Å². The number of fused-ring (bicyclic) bond motifs is 1. The summed E-state index contributed by atoms with van der Waals surface area (Å²) < 4.78 is 40.6. The molecule has 2 N–H and O–H groups in total. The van der Waals surface area contributed by atoms with E-state index in [-0.39, 0.29) is 0 Å². The zero-order valence-corrected chi connectivity index (χ0v) is 14.0. The topological polar surface area (TPSA) is 30.9 Å². The van der Waals surface area contributed by atoms with Gasteiger partial charge in [-0.05, 0) is 43.2 Å². The molecule has 0 aliphatic heterocycles. The van der Waals surface area contributed by atoms with Crippen LogP contribution in [0.4, 0.5) is 18.9 Å². The fourth-order valence-electron chi connectivity index (χ4n) is 2.71. The number of nitrogens with two attached hydrogens (primary N) is 1. The number of anilines is 1. The SMILES string of the molecule is CCn1c(C#Cc2cccc(Cl)c2)c(N)c2ccc(C(F)(F)F)cc21. The molecule has 0 unspecified atom stereocenters. The summed E-state index contributed by atoms with van der Waals surface area (Å²) in [4.78, 5) is 0. The van der Waals surface area contributed by atoms with E-state index in [1.54, 1.807) is 28.8 Å². The van der Waals surface area contributed by atoms with Gasteiger partial charge >= 0.3 is 6.18 Å². The van der Waals surface area contributed by atoms with E-state index in [1.165, 1.54) is 6.07 Å². The van der Waals surface area contributed by atoms with E-state index in [0.29, 0.717) is 39.4 Å². The summed E-state index contributed by atoms with van der Waals surface area (Å²) in [6.45, 7) is 2.29. The van der Waals surface area contributed by atoms with Crippen LogP contribution in [0.15, 0.2) is 42.5 Å². The van der Waals surface area contributed by atoms with Gasteiger partial charge in [0, 0.05) is 22.5 Å². The van der Waals surface area contributed by atoms with Crippen LogP contribution in [0.1, 0.15) is 23.7 Å². The van der Waals surface area contributed by atoms with Crippen molar-refractivity contribution in [2.75, 3.05) is 5.73 Å². The van der Waals surface area contributed by atoms with Crippen LogP contribution in [-0.4, -0.2) is 4.57 Å². The Balaban J connectivity index is 2.17. The highest BCUT2D eigenvalue weighted by atomic mass is 35.5. The monoisotopic (exact) mass is 362 g/mol. The molecule has 2 aromatic carbocycles. The number of aryl methyl sites for hydroxylation is 1. The molecule has 0 radical (unpaired) electrons. The highest BCUT2D eigenvalue weighted by Gasteiger charge is 2.31. The largest absolute Gasteiger partial charge is 0.416 e. The maximum Gasteiger partial charge on any atom is 0.416 e. The number of aromatic nitrogens is 1. The van der Waals surface area contributed by atoms with Gasteiger partial charge in [0.1, 0.15) is 5.69 Å². The van der Waals surface area contributed by atoms with Crippen molar-refractivity contribution >= 4 is 28.2 Å². The number of nitrogens with zero attached hydrogens (tertiary/aromatic N) is 1. The van der Waals surface area contributed by atoms with E-state index in [4.69, 9.17) is 17.3 Å². The maximum absolute atomic E-state index is 13.0. The zero-order chi connectivity index (χ0) is 18.2. The summed E-state index contributed by atoms with van der Waals surface area (Å²) in [6.07, 6.45) is -4.40. The smallest absolute Gasteiger partial charge is 0.396 e. The third kappa shape index (κ3) is 3.31. The molecular formula is C19H14ClF3N2. The van der Waals surface area contributed by atoms with Crippen molar-refractivity contribution in [1.82, 2.24) is 4.57 Å². The van der Waals surface area contributed by atoms with Gasteiger partial charge in [0.2, 0.25) is 0 Å². The first-order valence-corrected chi connectivity index (χ1v) is 7.95. The molecule has 128 valence electrons. The molecule has 6 heteroatoms. The molecule has 3 rings (SSSR count). The molecule has 2 nitrogen and oxygen atoms in total. The van der Waals surface area contributed by atoms with Crippen LogP contribution in [0.5, 0.6) is 0 Å². The molecule has 0 aliphatic carbocycles. The number of halogens is 4. The Morgan fingerprint density at radius 1 is 1.12 bits per heavy atom. The number of nitrogen functional groups attached to an aromatic ring is 1. The summed E-state index contributed by atoms with van der Waals surface area (Å²) in [7, 11) is 0. The third-order valence-electron chi connectivity index (χ3n) is 3.90. The van der Waals surface area contributed by atoms with Crippen LogP contribution >= 0.6 is 11.6 Å². The Labute approximate surface area is 148 Å². The summed E-state index contributed by atoms with van der Waals surface area (Å²) >= 11 is 5.94. The minimum absolute atomic E-state index is 0.375. The lowest BCUT2D eigenvalue weighted by atomic mass is 10.1. The van der Waals surface area contributed by atoms with Gasteiger partial charge in [-0.3, -0.25) is 0 Å². The molecule has 0 aliphatic rings. The van der Waals surface area contributed by atoms with Crippen molar-refractivity contribution in [3.63, 3.8) is 0 Å². The van der Waals surface area contributed by atoms with Gasteiger partial charge in [-0.2, -0.15) is 13.2 Å². The molecule has 0 spiro atoms. The number of hydrogen-bond donors (Lipinski definition) is 1. The first-order chi connectivity index (χ1) is 11.8. The predicted octanol–water partition coefficient (Wildman–Crippen LogP) is 5.32. The molecule has 0 atom stereocenters. The molecule has 0 saturated heterocycles. The first-order valence-electron chi connectivity index (χ1n) is 7.57. The molecule has 0 amide bonds. The average Bonchev–Trinajstić information content (AvgIpc) is 2.83. The van der Waals surface area contributed by atoms with Crippen molar-refractivity contribution in [2.24, 2.45) is 0 Å². The highest BCUT2D eigenvalue weighted by Crippen LogP contribution is 2.35. The van der Waals surface area contributed by atoms with Crippen molar-refractivity contribution in [3.8, 4) is 11.8 Å². The normalized spacial score (nSPS) is 11.4. The minimum Gasteiger partial charge on any atom is -0.396 e. The van der Waals surface area contributed by atoms with Crippen LogP contribution in [0.2, 0.25) is 5.02 Å². The van der Waals surface area contributed by atoms with Gasteiger partial charge in [-0.15, -0.1) is 0 Å². The fraction of sp³-hybridized carbons (Fsp3) is 0.158. The number of rotatable bonds is 1. The van der Waals surface area contributed by atoms with Crippen LogP contribution in [0.3, 0.4) is 0 Å². The number of benzene rings is 2. The van der Waals surface area contributed by atoms with Gasteiger partial charge in [0.05, 0.1) is 16.8 Å². The average molecular weight is 363 g/mol. The summed E-state index contributed by atoms with van der Waals surface area (Å²) in [6, 6.07) is 10.6. The van der Waals surface area contributed by atoms with E-state index >= 15 is 0 Å². The fourth-order valence-corrected chi connectivity index (χ4v) is 2.90. The minimum atomic E-state index is -4.40. The Kier molecular flexibility index (Phi) is 4.40. The Morgan fingerprint density at radius 2 is 1.88 bits per heavy atom. The van der Waals surface area contributed by atoms with Crippen molar-refractivity contribution < 1.29 is 13.2 Å². The summed E-state index contributed by atoms with van der Waals surface area (Å²) in [5.74, 6) is 5.94. The van der Waals surface area contributed by atoms with Gasteiger partial charge in [-0.1, -0.05) is 29.7 Å². The van der Waals surface area contributed by atoms with E-state index in [0.717, 1.165) is 12.1 Å². The summed E-state index contributed by atoms with van der Waals surface area (Å²) in [5.41, 5.74) is 7.43. The maximum atomic E-state index is 13.0. The van der Waals surface area contributed by atoms with Crippen LogP contribution in [-0.2, 0) is 12.7 Å². The molecular weight excluding hydrogens is 349 g/mol. The quantitative estimate of drug-likeness (QED) is 0.584. The summed E-state index contributed by atoms with van der Waals surface area (Å²) in [5, 5.41) is 1.12. The third-order valence-corrected chi connectivity index (χ3v) is 4.13. The van der Waals surface area contributed by atoms with E-state index in [1.807, 2.05) is 6.92 Å². The van der Waals surface area contributed by atoms with Gasteiger partial charge < -0.3 is 10.3 Å². The van der Waals surface area contributed by atoms with Crippen molar-refractivity contribution in [2.45, 2.75) is 19.6 Å². The zero-order valence-electron chi connectivity index (χ0n) is 13.3. The van der Waals surface area contributed by atoms with E-state index in [9.17, 15) is 13.2 Å². The Hall–Kier alpha value is -2.58. The second kappa shape index (κ2) is 6.38. The van der Waals surface area contributed by atoms with Crippen LogP contribution in [0.25, 0.3) is 10.9 Å². The number of hydrogen-bond acceptors (Lipinski definition) is 1. The van der Waals surface area contributed by atoms with Crippen LogP contribution < -0.4 is 5.73 Å². The standard InChI is InChI=1S/C19H14ClF3N2/c1-2-25-16(9-6-12-4-3-5-14(20)10-12)18(24)15-8-7-13(11-17(15)25)19(21,22)23/h3-5,7-8,10-11H,2,24H2,1H3. The van der Waals surface area contributed by atoms with E-state index < -0.39 is 11.7 Å². The lowest BCUT2D eigenvalue weighted by Crippen LogP contribution is -2.05. The number of alkyl halides is 3. The van der Waals surface area contributed by atoms with E-state index in [2.05, 4.69) is 11.8 Å². The highest BCUT2D eigenvalue weighted by molar-refractivity contribution is 6.30. The Bertz CT molecular complexity index is 1010. The Morgan fingerprint density at radius 3 is 2.52 bits per heavy atom. The lowest BCUT2D eigenvalue weighted by molar-refractivity contribution is -0.137. The van der Waals surface area contributed by atoms with Crippen molar-refractivity contribution in [1.29, 1.82) is 0 Å². The molecule has 3 aromatic rings. The van der Waals surface area contributed by atoms with Gasteiger partial charge in [0.25, 0.3) is 0 Å².